The Labute approximate surface area is 146 Å². The van der Waals surface area contributed by atoms with Crippen molar-refractivity contribution in [1.82, 2.24) is 4.90 Å². The molecule has 1 aromatic rings. The molecule has 3 aliphatic heterocycles. The van der Waals surface area contributed by atoms with Crippen molar-refractivity contribution in [2.45, 2.75) is 37.0 Å². The minimum absolute atomic E-state index is 0.0554. The van der Waals surface area contributed by atoms with E-state index >= 15 is 0 Å². The normalized spacial score (nSPS) is 33.1. The van der Waals surface area contributed by atoms with Crippen molar-refractivity contribution in [3.8, 4) is 5.75 Å². The summed E-state index contributed by atoms with van der Waals surface area (Å²) in [4.78, 5) is 14.5. The third-order valence-corrected chi connectivity index (χ3v) is 6.28. The molecule has 3 atom stereocenters. The zero-order valence-corrected chi connectivity index (χ0v) is 14.3. The monoisotopic (exact) mass is 342 g/mol. The van der Waals surface area contributed by atoms with Gasteiger partial charge < -0.3 is 19.9 Å². The Kier molecular flexibility index (Phi) is 3.26. The summed E-state index contributed by atoms with van der Waals surface area (Å²) in [5.74, 6) is 0.111. The number of carbonyl (C=O) groups excluding carboxylic acids is 1. The quantitative estimate of drug-likeness (QED) is 0.821. The Morgan fingerprint density at radius 1 is 1.32 bits per heavy atom. The summed E-state index contributed by atoms with van der Waals surface area (Å²) >= 11 is 0. The number of hydrogen-bond acceptors (Lipinski definition) is 5. The van der Waals surface area contributed by atoms with E-state index in [1.54, 1.807) is 7.11 Å². The first-order valence-electron chi connectivity index (χ1n) is 8.84. The predicted octanol–water partition coefficient (Wildman–Crippen LogP) is 1.32. The fourth-order valence-electron chi connectivity index (χ4n) is 5.15. The molecule has 2 fully saturated rings. The summed E-state index contributed by atoms with van der Waals surface area (Å²) in [7, 11) is 1.58. The largest absolute Gasteiger partial charge is 0.496 e. The van der Waals surface area contributed by atoms with Crippen LogP contribution in [0.3, 0.4) is 0 Å². The van der Waals surface area contributed by atoms with Gasteiger partial charge in [-0.2, -0.15) is 0 Å². The van der Waals surface area contributed by atoms with Crippen LogP contribution in [0, 0.1) is 0 Å². The Morgan fingerprint density at radius 2 is 2.16 bits per heavy atom. The van der Waals surface area contributed by atoms with Gasteiger partial charge in [0.1, 0.15) is 18.6 Å². The standard InChI is InChI=1S/C19H22N2O4/c1-23-15-6-11-2-4-21-5-3-12-7-16-17(25-10-24-16)9-19(12,21)14(11)8-13(15)18(20)22/h6-8,16-17H,2-5,9-10H2,1H3,(H2,20,22)/t16-,17+,19-/m0/s1. The van der Waals surface area contributed by atoms with Crippen molar-refractivity contribution >= 4 is 5.91 Å². The summed E-state index contributed by atoms with van der Waals surface area (Å²) in [6.07, 6.45) is 5.22. The number of nitrogens with zero attached hydrogens (tertiary/aromatic N) is 1. The smallest absolute Gasteiger partial charge is 0.252 e. The van der Waals surface area contributed by atoms with E-state index in [9.17, 15) is 4.79 Å². The molecule has 25 heavy (non-hydrogen) atoms. The summed E-state index contributed by atoms with van der Waals surface area (Å²) in [6.45, 7) is 2.39. The molecule has 6 heteroatoms. The number of fused-ring (bicyclic) bond motifs is 2. The van der Waals surface area contributed by atoms with Crippen molar-refractivity contribution in [1.29, 1.82) is 0 Å². The number of methoxy groups -OCH3 is 1. The van der Waals surface area contributed by atoms with Crippen molar-refractivity contribution in [2.75, 3.05) is 27.0 Å². The Balaban J connectivity index is 1.72. The van der Waals surface area contributed by atoms with E-state index < -0.39 is 5.91 Å². The molecule has 4 aliphatic rings. The first-order valence-corrected chi connectivity index (χ1v) is 8.84. The first-order chi connectivity index (χ1) is 12.1. The van der Waals surface area contributed by atoms with Gasteiger partial charge in [-0.1, -0.05) is 6.08 Å². The number of carbonyl (C=O) groups is 1. The number of hydrogen-bond donors (Lipinski definition) is 1. The minimum atomic E-state index is -0.453. The van der Waals surface area contributed by atoms with E-state index in [1.165, 1.54) is 16.7 Å². The molecule has 3 heterocycles. The molecule has 0 aromatic heterocycles. The van der Waals surface area contributed by atoms with E-state index in [1.807, 2.05) is 12.1 Å². The summed E-state index contributed by atoms with van der Waals surface area (Å²) < 4.78 is 17.0. The minimum Gasteiger partial charge on any atom is -0.496 e. The third kappa shape index (κ3) is 1.99. The molecule has 6 nitrogen and oxygen atoms in total. The van der Waals surface area contributed by atoms with Crippen LogP contribution in [0.4, 0.5) is 0 Å². The number of primary amides is 1. The van der Waals surface area contributed by atoms with Crippen LogP contribution in [0.5, 0.6) is 5.75 Å². The van der Waals surface area contributed by atoms with Crippen LogP contribution < -0.4 is 10.5 Å². The number of benzene rings is 1. The van der Waals surface area contributed by atoms with Crippen molar-refractivity contribution in [3.05, 3.63) is 40.5 Å². The molecular weight excluding hydrogens is 320 g/mol. The molecular formula is C19H22N2O4. The van der Waals surface area contributed by atoms with Crippen LogP contribution in [0.2, 0.25) is 0 Å². The van der Waals surface area contributed by atoms with Crippen LogP contribution in [0.25, 0.3) is 0 Å². The first kappa shape index (κ1) is 15.4. The zero-order chi connectivity index (χ0) is 17.2. The van der Waals surface area contributed by atoms with Gasteiger partial charge in [-0.25, -0.2) is 0 Å². The maximum atomic E-state index is 12.0. The lowest BCUT2D eigenvalue weighted by Gasteiger charge is -2.48. The molecule has 0 unspecified atom stereocenters. The molecule has 0 saturated carbocycles. The highest BCUT2D eigenvalue weighted by Crippen LogP contribution is 2.54. The van der Waals surface area contributed by atoms with Gasteiger partial charge in [0.05, 0.1) is 24.3 Å². The molecule has 1 amide bonds. The number of amides is 1. The van der Waals surface area contributed by atoms with Gasteiger partial charge in [0, 0.05) is 19.5 Å². The third-order valence-electron chi connectivity index (χ3n) is 6.28. The number of rotatable bonds is 2. The molecule has 1 aliphatic carbocycles. The maximum absolute atomic E-state index is 12.0. The van der Waals surface area contributed by atoms with Gasteiger partial charge in [-0.3, -0.25) is 9.69 Å². The average molecular weight is 342 g/mol. The van der Waals surface area contributed by atoms with Gasteiger partial charge in [-0.05, 0) is 41.7 Å². The van der Waals surface area contributed by atoms with Gasteiger partial charge >= 0.3 is 0 Å². The predicted molar refractivity (Wildman–Crippen MR) is 90.4 cm³/mol. The van der Waals surface area contributed by atoms with Crippen molar-refractivity contribution in [3.63, 3.8) is 0 Å². The lowest BCUT2D eigenvalue weighted by molar-refractivity contribution is 0.0225. The highest BCUT2D eigenvalue weighted by molar-refractivity contribution is 5.96. The lowest BCUT2D eigenvalue weighted by Crippen LogP contribution is -2.52. The highest BCUT2D eigenvalue weighted by Gasteiger charge is 2.55. The van der Waals surface area contributed by atoms with Crippen LogP contribution in [0.15, 0.2) is 23.8 Å². The number of ether oxygens (including phenoxy) is 3. The molecule has 0 radical (unpaired) electrons. The van der Waals surface area contributed by atoms with Gasteiger partial charge in [-0.15, -0.1) is 0 Å². The topological polar surface area (TPSA) is 74.0 Å². The van der Waals surface area contributed by atoms with E-state index in [0.29, 0.717) is 18.1 Å². The maximum Gasteiger partial charge on any atom is 0.252 e. The summed E-state index contributed by atoms with van der Waals surface area (Å²) in [6, 6.07) is 3.95. The van der Waals surface area contributed by atoms with Crippen molar-refractivity contribution in [2.24, 2.45) is 5.73 Å². The molecule has 1 aromatic carbocycles. The fourth-order valence-corrected chi connectivity index (χ4v) is 5.15. The molecule has 132 valence electrons. The SMILES string of the molecule is COc1cc2c(cc1C(N)=O)[C@]13C[C@H]4OCO[C@H]4C=C1CCN3CC2. The van der Waals surface area contributed by atoms with E-state index in [-0.39, 0.29) is 17.7 Å². The van der Waals surface area contributed by atoms with Gasteiger partial charge in [0.15, 0.2) is 0 Å². The molecule has 2 N–H and O–H groups in total. The Hall–Kier alpha value is -1.89. The fraction of sp³-hybridized carbons (Fsp3) is 0.526. The molecule has 0 bridgehead atoms. The Bertz CT molecular complexity index is 790. The summed E-state index contributed by atoms with van der Waals surface area (Å²) in [5, 5.41) is 0. The van der Waals surface area contributed by atoms with Crippen LogP contribution in [-0.4, -0.2) is 50.0 Å². The zero-order valence-electron chi connectivity index (χ0n) is 14.3. The van der Waals surface area contributed by atoms with Gasteiger partial charge in [0.2, 0.25) is 0 Å². The number of nitrogens with two attached hydrogens (primary N) is 1. The lowest BCUT2D eigenvalue weighted by atomic mass is 9.70. The second-order valence-corrected chi connectivity index (χ2v) is 7.27. The van der Waals surface area contributed by atoms with Gasteiger partial charge in [0.25, 0.3) is 5.91 Å². The molecule has 1 spiro atoms. The molecule has 5 rings (SSSR count). The second-order valence-electron chi connectivity index (χ2n) is 7.27. The van der Waals surface area contributed by atoms with E-state index in [0.717, 1.165) is 32.4 Å². The van der Waals surface area contributed by atoms with Crippen LogP contribution in [0.1, 0.15) is 34.3 Å². The second kappa shape index (κ2) is 5.30. The van der Waals surface area contributed by atoms with Crippen molar-refractivity contribution < 1.29 is 19.0 Å². The molecule has 2 saturated heterocycles. The highest BCUT2D eigenvalue weighted by atomic mass is 16.7. The summed E-state index contributed by atoms with van der Waals surface area (Å²) in [5.41, 5.74) is 9.69. The van der Waals surface area contributed by atoms with E-state index in [4.69, 9.17) is 19.9 Å². The van der Waals surface area contributed by atoms with Crippen LogP contribution in [-0.2, 0) is 21.4 Å². The van der Waals surface area contributed by atoms with Crippen LogP contribution >= 0.6 is 0 Å². The average Bonchev–Trinajstić information content (AvgIpc) is 3.21. The van der Waals surface area contributed by atoms with E-state index in [2.05, 4.69) is 11.0 Å². The Morgan fingerprint density at radius 3 is 2.96 bits per heavy atom.